The molecule has 0 saturated heterocycles. The van der Waals surface area contributed by atoms with Gasteiger partial charge in [-0.2, -0.15) is 0 Å². The van der Waals surface area contributed by atoms with Crippen LogP contribution in [0.3, 0.4) is 0 Å². The molecular weight excluding hydrogens is 265 g/mol. The summed E-state index contributed by atoms with van der Waals surface area (Å²) < 4.78 is 0.905. The molecule has 1 aromatic heterocycles. The maximum absolute atomic E-state index is 10.8. The third kappa shape index (κ3) is 1.42. The predicted molar refractivity (Wildman–Crippen MR) is 59.8 cm³/mol. The smallest absolute Gasteiger partial charge is 0.153 e. The van der Waals surface area contributed by atoms with Gasteiger partial charge in [-0.05, 0) is 12.1 Å². The molecule has 1 heterocycles. The van der Waals surface area contributed by atoms with Crippen LogP contribution in [0.25, 0.3) is 10.9 Å². The summed E-state index contributed by atoms with van der Waals surface area (Å²) >= 11 is 9.25. The number of rotatable bonds is 1. The Kier molecular flexibility index (Phi) is 2.52. The van der Waals surface area contributed by atoms with Gasteiger partial charge < -0.3 is 0 Å². The van der Waals surface area contributed by atoms with E-state index >= 15 is 0 Å². The molecule has 0 fully saturated rings. The van der Waals surface area contributed by atoms with Crippen LogP contribution in [-0.4, -0.2) is 11.3 Å². The molecule has 2 aromatic rings. The molecule has 0 unspecified atom stereocenters. The molecule has 0 saturated carbocycles. The van der Waals surface area contributed by atoms with Gasteiger partial charge in [-0.1, -0.05) is 33.6 Å². The van der Waals surface area contributed by atoms with Crippen LogP contribution in [0.2, 0.25) is 5.02 Å². The fourth-order valence-corrected chi connectivity index (χ4v) is 1.93. The second kappa shape index (κ2) is 3.67. The minimum absolute atomic E-state index is 0.429. The first kappa shape index (κ1) is 9.62. The molecule has 1 aromatic carbocycles. The molecule has 0 aliphatic heterocycles. The number of carbonyl (C=O) groups is 1. The summed E-state index contributed by atoms with van der Waals surface area (Å²) in [4.78, 5) is 14.9. The minimum Gasteiger partial charge on any atom is -0.298 e. The maximum atomic E-state index is 10.8. The predicted octanol–water partition coefficient (Wildman–Crippen LogP) is 3.46. The SMILES string of the molecule is O=Cc1c(Cl)ccc2c(Br)ccnc12. The van der Waals surface area contributed by atoms with Crippen molar-refractivity contribution in [2.24, 2.45) is 0 Å². The summed E-state index contributed by atoms with van der Waals surface area (Å²) in [7, 11) is 0. The van der Waals surface area contributed by atoms with Crippen LogP contribution in [0.5, 0.6) is 0 Å². The lowest BCUT2D eigenvalue weighted by Crippen LogP contribution is -1.88. The largest absolute Gasteiger partial charge is 0.298 e. The maximum Gasteiger partial charge on any atom is 0.153 e. The molecule has 2 rings (SSSR count). The zero-order valence-corrected chi connectivity index (χ0v) is 9.34. The van der Waals surface area contributed by atoms with Gasteiger partial charge >= 0.3 is 0 Å². The standard InChI is InChI=1S/C10H5BrClNO/c11-8-3-4-13-10-6(8)1-2-9(12)7(10)5-14/h1-5H. The number of aromatic nitrogens is 1. The van der Waals surface area contributed by atoms with Crippen molar-refractivity contribution in [2.75, 3.05) is 0 Å². The van der Waals surface area contributed by atoms with Gasteiger partial charge in [-0.25, -0.2) is 0 Å². The Balaban J connectivity index is 2.95. The molecule has 14 heavy (non-hydrogen) atoms. The number of hydrogen-bond donors (Lipinski definition) is 0. The third-order valence-corrected chi connectivity index (χ3v) is 2.98. The van der Waals surface area contributed by atoms with Crippen molar-refractivity contribution < 1.29 is 4.79 Å². The zero-order valence-electron chi connectivity index (χ0n) is 7.00. The highest BCUT2D eigenvalue weighted by Gasteiger charge is 2.07. The number of hydrogen-bond acceptors (Lipinski definition) is 2. The van der Waals surface area contributed by atoms with Gasteiger partial charge in [0.25, 0.3) is 0 Å². The van der Waals surface area contributed by atoms with Crippen molar-refractivity contribution in [3.63, 3.8) is 0 Å². The quantitative estimate of drug-likeness (QED) is 0.743. The lowest BCUT2D eigenvalue weighted by Gasteiger charge is -2.03. The Morgan fingerprint density at radius 2 is 2.14 bits per heavy atom. The molecular formula is C10H5BrClNO. The fourth-order valence-electron chi connectivity index (χ4n) is 1.29. The molecule has 0 aliphatic rings. The van der Waals surface area contributed by atoms with E-state index in [1.165, 1.54) is 0 Å². The van der Waals surface area contributed by atoms with Gasteiger partial charge in [-0.3, -0.25) is 9.78 Å². The van der Waals surface area contributed by atoms with Crippen molar-refractivity contribution in [3.8, 4) is 0 Å². The van der Waals surface area contributed by atoms with Crippen molar-refractivity contribution in [2.45, 2.75) is 0 Å². The van der Waals surface area contributed by atoms with E-state index in [9.17, 15) is 4.79 Å². The average molecular weight is 271 g/mol. The van der Waals surface area contributed by atoms with Crippen LogP contribution in [0.1, 0.15) is 10.4 Å². The third-order valence-electron chi connectivity index (χ3n) is 1.96. The highest BCUT2D eigenvalue weighted by Crippen LogP contribution is 2.27. The van der Waals surface area contributed by atoms with Gasteiger partial charge in [0.2, 0.25) is 0 Å². The Bertz CT molecular complexity index is 513. The van der Waals surface area contributed by atoms with Crippen LogP contribution in [0.15, 0.2) is 28.9 Å². The number of aldehydes is 1. The molecule has 0 bridgehead atoms. The molecule has 0 atom stereocenters. The van der Waals surface area contributed by atoms with Crippen LogP contribution in [0, 0.1) is 0 Å². The van der Waals surface area contributed by atoms with Gasteiger partial charge in [0, 0.05) is 16.1 Å². The molecule has 0 amide bonds. The molecule has 0 spiro atoms. The number of carbonyl (C=O) groups excluding carboxylic acids is 1. The second-order valence-electron chi connectivity index (χ2n) is 2.77. The first-order valence-electron chi connectivity index (χ1n) is 3.92. The number of fused-ring (bicyclic) bond motifs is 1. The molecule has 0 radical (unpaired) electrons. The highest BCUT2D eigenvalue weighted by molar-refractivity contribution is 9.10. The monoisotopic (exact) mass is 269 g/mol. The van der Waals surface area contributed by atoms with Gasteiger partial charge in [0.15, 0.2) is 6.29 Å². The number of benzene rings is 1. The van der Waals surface area contributed by atoms with Crippen LogP contribution in [0.4, 0.5) is 0 Å². The van der Waals surface area contributed by atoms with Gasteiger partial charge in [0.05, 0.1) is 16.1 Å². The first-order chi connectivity index (χ1) is 6.74. The Labute approximate surface area is 94.0 Å². The van der Waals surface area contributed by atoms with Crippen molar-refractivity contribution in [1.82, 2.24) is 4.98 Å². The first-order valence-corrected chi connectivity index (χ1v) is 5.09. The summed E-state index contributed by atoms with van der Waals surface area (Å²) in [6, 6.07) is 5.35. The molecule has 2 nitrogen and oxygen atoms in total. The summed E-state index contributed by atoms with van der Waals surface area (Å²) in [5.74, 6) is 0. The minimum atomic E-state index is 0.429. The summed E-state index contributed by atoms with van der Waals surface area (Å²) in [5, 5.41) is 1.32. The Morgan fingerprint density at radius 1 is 1.36 bits per heavy atom. The number of halogens is 2. The zero-order chi connectivity index (χ0) is 10.1. The number of nitrogens with zero attached hydrogens (tertiary/aromatic N) is 1. The highest BCUT2D eigenvalue weighted by atomic mass is 79.9. The topological polar surface area (TPSA) is 30.0 Å². The Hall–Kier alpha value is -0.930. The van der Waals surface area contributed by atoms with E-state index in [0.29, 0.717) is 16.1 Å². The molecule has 70 valence electrons. The van der Waals surface area contributed by atoms with E-state index in [4.69, 9.17) is 11.6 Å². The average Bonchev–Trinajstić information content (AvgIpc) is 2.18. The van der Waals surface area contributed by atoms with E-state index in [-0.39, 0.29) is 0 Å². The van der Waals surface area contributed by atoms with Crippen LogP contribution >= 0.6 is 27.5 Å². The van der Waals surface area contributed by atoms with Crippen LogP contribution < -0.4 is 0 Å². The van der Waals surface area contributed by atoms with E-state index in [0.717, 1.165) is 16.1 Å². The normalized spacial score (nSPS) is 10.4. The summed E-state index contributed by atoms with van der Waals surface area (Å²) in [5.41, 5.74) is 1.06. The molecule has 0 aliphatic carbocycles. The van der Waals surface area contributed by atoms with Crippen LogP contribution in [-0.2, 0) is 0 Å². The molecule has 4 heteroatoms. The number of pyridine rings is 1. The van der Waals surface area contributed by atoms with E-state index in [2.05, 4.69) is 20.9 Å². The van der Waals surface area contributed by atoms with E-state index in [1.54, 1.807) is 12.3 Å². The van der Waals surface area contributed by atoms with Crippen molar-refractivity contribution in [3.05, 3.63) is 39.5 Å². The van der Waals surface area contributed by atoms with Gasteiger partial charge in [0.1, 0.15) is 0 Å². The fraction of sp³-hybridized carbons (Fsp3) is 0. The second-order valence-corrected chi connectivity index (χ2v) is 4.03. The van der Waals surface area contributed by atoms with Crippen molar-refractivity contribution in [1.29, 1.82) is 0 Å². The summed E-state index contributed by atoms with van der Waals surface area (Å²) in [6.07, 6.45) is 2.36. The molecule has 0 N–H and O–H groups in total. The van der Waals surface area contributed by atoms with Crippen molar-refractivity contribution >= 4 is 44.7 Å². The lowest BCUT2D eigenvalue weighted by molar-refractivity contribution is 0.112. The van der Waals surface area contributed by atoms with Gasteiger partial charge in [-0.15, -0.1) is 0 Å². The summed E-state index contributed by atoms with van der Waals surface area (Å²) in [6.45, 7) is 0. The van der Waals surface area contributed by atoms with E-state index in [1.807, 2.05) is 12.1 Å². The Morgan fingerprint density at radius 3 is 2.86 bits per heavy atom. The van der Waals surface area contributed by atoms with E-state index < -0.39 is 0 Å². The lowest BCUT2D eigenvalue weighted by atomic mass is 10.1.